The molecule has 4 heteroatoms. The van der Waals surface area contributed by atoms with E-state index in [1.165, 1.54) is 5.56 Å². The Labute approximate surface area is 156 Å². The van der Waals surface area contributed by atoms with E-state index in [0.717, 1.165) is 53.3 Å². The molecule has 0 fully saturated rings. The molecule has 26 heavy (non-hydrogen) atoms. The summed E-state index contributed by atoms with van der Waals surface area (Å²) in [6.45, 7) is 6.22. The molecule has 0 radical (unpaired) electrons. The number of methoxy groups -OCH3 is 2. The Morgan fingerprint density at radius 2 is 2.04 bits per heavy atom. The van der Waals surface area contributed by atoms with Gasteiger partial charge in [0.05, 0.1) is 14.2 Å². The van der Waals surface area contributed by atoms with Gasteiger partial charge in [-0.05, 0) is 50.8 Å². The van der Waals surface area contributed by atoms with Gasteiger partial charge >= 0.3 is 0 Å². The molecule has 0 aliphatic heterocycles. The molecule has 2 rings (SSSR count). The van der Waals surface area contributed by atoms with Gasteiger partial charge in [0.25, 0.3) is 0 Å². The van der Waals surface area contributed by atoms with Crippen LogP contribution in [0, 0.1) is 6.92 Å². The molecule has 138 valence electrons. The van der Waals surface area contributed by atoms with E-state index in [1.807, 2.05) is 38.2 Å². The van der Waals surface area contributed by atoms with Gasteiger partial charge in [0, 0.05) is 41.0 Å². The third-order valence-corrected chi connectivity index (χ3v) is 4.32. The summed E-state index contributed by atoms with van der Waals surface area (Å²) < 4.78 is 10.9. The van der Waals surface area contributed by atoms with Crippen molar-refractivity contribution < 1.29 is 9.47 Å². The minimum atomic E-state index is 0.772. The third-order valence-electron chi connectivity index (χ3n) is 4.32. The lowest BCUT2D eigenvalue weighted by Gasteiger charge is -2.13. The van der Waals surface area contributed by atoms with Gasteiger partial charge in [-0.15, -0.1) is 0 Å². The Kier molecular flexibility index (Phi) is 7.39. The predicted molar refractivity (Wildman–Crippen MR) is 107 cm³/mol. The maximum absolute atomic E-state index is 5.48. The highest BCUT2D eigenvalue weighted by atomic mass is 16.5. The summed E-state index contributed by atoms with van der Waals surface area (Å²) in [6, 6.07) is 7.99. The third kappa shape index (κ3) is 5.19. The first-order chi connectivity index (χ1) is 12.6. The van der Waals surface area contributed by atoms with Gasteiger partial charge in [-0.25, -0.2) is 0 Å². The predicted octanol–water partition coefficient (Wildman–Crippen LogP) is 5.14. The zero-order valence-electron chi connectivity index (χ0n) is 16.4. The molecule has 0 N–H and O–H groups in total. The van der Waals surface area contributed by atoms with Crippen molar-refractivity contribution in [2.45, 2.75) is 40.0 Å². The average molecular weight is 352 g/mol. The highest BCUT2D eigenvalue weighted by Crippen LogP contribution is 2.29. The summed E-state index contributed by atoms with van der Waals surface area (Å²) in [5, 5.41) is 0. The lowest BCUT2D eigenvalue weighted by molar-refractivity contribution is 0.392. The van der Waals surface area contributed by atoms with Crippen LogP contribution < -0.4 is 9.47 Å². The van der Waals surface area contributed by atoms with Crippen molar-refractivity contribution >= 4 is 5.71 Å². The Bertz CT molecular complexity index is 780. The fourth-order valence-electron chi connectivity index (χ4n) is 2.90. The summed E-state index contributed by atoms with van der Waals surface area (Å²) in [6.07, 6.45) is 8.67. The average Bonchev–Trinajstić information content (AvgIpc) is 2.67. The molecule has 4 nitrogen and oxygen atoms in total. The van der Waals surface area contributed by atoms with E-state index in [9.17, 15) is 0 Å². The first-order valence-electron chi connectivity index (χ1n) is 8.95. The Morgan fingerprint density at radius 1 is 1.23 bits per heavy atom. The molecule has 0 atom stereocenters. The molecule has 0 aliphatic rings. The number of rotatable bonds is 8. The first kappa shape index (κ1) is 19.7. The molecule has 1 aromatic carbocycles. The SMILES string of the molecule is CC/C=C(\CCc1cccnc1)N=C(C)c1cc(OC)cc(OC)c1C. The van der Waals surface area contributed by atoms with Crippen molar-refractivity contribution in [2.24, 2.45) is 4.99 Å². The molecule has 0 amide bonds. The molecule has 1 aromatic heterocycles. The van der Waals surface area contributed by atoms with Gasteiger partial charge in [-0.2, -0.15) is 0 Å². The Balaban J connectivity index is 2.28. The largest absolute Gasteiger partial charge is 0.497 e. The fourth-order valence-corrected chi connectivity index (χ4v) is 2.90. The molecular weight excluding hydrogens is 324 g/mol. The number of hydrogen-bond donors (Lipinski definition) is 0. The van der Waals surface area contributed by atoms with Crippen molar-refractivity contribution in [2.75, 3.05) is 14.2 Å². The van der Waals surface area contributed by atoms with Gasteiger partial charge in [-0.1, -0.05) is 19.1 Å². The molecule has 0 saturated carbocycles. The minimum absolute atomic E-state index is 0.772. The highest BCUT2D eigenvalue weighted by molar-refractivity contribution is 6.01. The zero-order chi connectivity index (χ0) is 18.9. The van der Waals surface area contributed by atoms with Crippen LogP contribution in [0.4, 0.5) is 0 Å². The Hall–Kier alpha value is -2.62. The van der Waals surface area contributed by atoms with Gasteiger partial charge in [-0.3, -0.25) is 9.98 Å². The van der Waals surface area contributed by atoms with Crippen molar-refractivity contribution in [3.05, 3.63) is 65.1 Å². The number of pyridine rings is 1. The number of aromatic nitrogens is 1. The second-order valence-electron chi connectivity index (χ2n) is 6.16. The number of allylic oxidation sites excluding steroid dienone is 2. The van der Waals surface area contributed by atoms with Crippen molar-refractivity contribution in [3.63, 3.8) is 0 Å². The van der Waals surface area contributed by atoms with Crippen LogP contribution in [0.1, 0.15) is 43.4 Å². The minimum Gasteiger partial charge on any atom is -0.497 e. The van der Waals surface area contributed by atoms with Crippen LogP contribution in [0.5, 0.6) is 11.5 Å². The monoisotopic (exact) mass is 352 g/mol. The zero-order valence-corrected chi connectivity index (χ0v) is 16.4. The van der Waals surface area contributed by atoms with Crippen molar-refractivity contribution in [1.29, 1.82) is 0 Å². The maximum Gasteiger partial charge on any atom is 0.126 e. The van der Waals surface area contributed by atoms with Crippen LogP contribution in [0.2, 0.25) is 0 Å². The second kappa shape index (κ2) is 9.76. The van der Waals surface area contributed by atoms with Crippen LogP contribution in [-0.2, 0) is 6.42 Å². The summed E-state index contributed by atoms with van der Waals surface area (Å²) >= 11 is 0. The molecule has 0 saturated heterocycles. The van der Waals surface area contributed by atoms with E-state index in [2.05, 4.69) is 24.1 Å². The summed E-state index contributed by atoms with van der Waals surface area (Å²) in [4.78, 5) is 9.09. The van der Waals surface area contributed by atoms with E-state index in [1.54, 1.807) is 20.4 Å². The van der Waals surface area contributed by atoms with Crippen molar-refractivity contribution in [1.82, 2.24) is 4.98 Å². The normalized spacial score (nSPS) is 12.2. The van der Waals surface area contributed by atoms with Gasteiger partial charge in [0.1, 0.15) is 11.5 Å². The lowest BCUT2D eigenvalue weighted by Crippen LogP contribution is -2.03. The summed E-state index contributed by atoms with van der Waals surface area (Å²) in [5.41, 5.74) is 5.39. The first-order valence-corrected chi connectivity index (χ1v) is 8.95. The van der Waals surface area contributed by atoms with Gasteiger partial charge in [0.2, 0.25) is 0 Å². The van der Waals surface area contributed by atoms with Crippen LogP contribution in [0.25, 0.3) is 0 Å². The van der Waals surface area contributed by atoms with Crippen LogP contribution in [0.15, 0.2) is 53.4 Å². The maximum atomic E-state index is 5.48. The molecule has 1 heterocycles. The van der Waals surface area contributed by atoms with E-state index >= 15 is 0 Å². The quantitative estimate of drug-likeness (QED) is 0.618. The van der Waals surface area contributed by atoms with E-state index in [4.69, 9.17) is 14.5 Å². The highest BCUT2D eigenvalue weighted by Gasteiger charge is 2.11. The molecule has 0 bridgehead atoms. The molecular formula is C22H28N2O2. The van der Waals surface area contributed by atoms with Gasteiger partial charge < -0.3 is 9.47 Å². The number of aryl methyl sites for hydroxylation is 1. The smallest absolute Gasteiger partial charge is 0.126 e. The van der Waals surface area contributed by atoms with Crippen LogP contribution in [0.3, 0.4) is 0 Å². The standard InChI is InChI=1S/C22H28N2O2/c1-6-8-19(11-10-18-9-7-12-23-15-18)24-17(3)21-13-20(25-4)14-22(26-5)16(21)2/h7-9,12-15H,6,10-11H2,1-5H3/b19-8+,24-17?. The fraction of sp³-hybridized carbons (Fsp3) is 0.364. The summed E-state index contributed by atoms with van der Waals surface area (Å²) in [5.74, 6) is 1.58. The molecule has 0 unspecified atom stereocenters. The summed E-state index contributed by atoms with van der Waals surface area (Å²) in [7, 11) is 3.34. The molecule has 0 aliphatic carbocycles. The number of benzene rings is 1. The number of hydrogen-bond acceptors (Lipinski definition) is 4. The number of nitrogens with zero attached hydrogens (tertiary/aromatic N) is 2. The van der Waals surface area contributed by atoms with Crippen LogP contribution in [-0.4, -0.2) is 24.9 Å². The second-order valence-corrected chi connectivity index (χ2v) is 6.16. The number of aliphatic imine (C=N–C) groups is 1. The lowest BCUT2D eigenvalue weighted by atomic mass is 10.0. The molecule has 0 spiro atoms. The van der Waals surface area contributed by atoms with Crippen molar-refractivity contribution in [3.8, 4) is 11.5 Å². The van der Waals surface area contributed by atoms with Gasteiger partial charge in [0.15, 0.2) is 0 Å². The van der Waals surface area contributed by atoms with Crippen LogP contribution >= 0.6 is 0 Å². The van der Waals surface area contributed by atoms with E-state index in [0.29, 0.717) is 0 Å². The topological polar surface area (TPSA) is 43.7 Å². The molecule has 2 aromatic rings. The Morgan fingerprint density at radius 3 is 2.65 bits per heavy atom. The number of ether oxygens (including phenoxy) is 2. The van der Waals surface area contributed by atoms with E-state index in [-0.39, 0.29) is 0 Å². The van der Waals surface area contributed by atoms with E-state index < -0.39 is 0 Å².